The third-order valence-corrected chi connectivity index (χ3v) is 5.13. The number of benzene rings is 1. The summed E-state index contributed by atoms with van der Waals surface area (Å²) in [6.07, 6.45) is 1.26. The summed E-state index contributed by atoms with van der Waals surface area (Å²) in [6, 6.07) is 1.66. The Morgan fingerprint density at radius 3 is 1.97 bits per heavy atom. The summed E-state index contributed by atoms with van der Waals surface area (Å²) in [4.78, 5) is 23.9. The molecule has 162 valence electrons. The highest BCUT2D eigenvalue weighted by Gasteiger charge is 2.61. The van der Waals surface area contributed by atoms with Gasteiger partial charge >= 0.3 is 11.9 Å². The second-order valence-electron chi connectivity index (χ2n) is 7.26. The zero-order chi connectivity index (χ0) is 22.8. The Morgan fingerprint density at radius 1 is 1.03 bits per heavy atom. The number of nitriles is 1. The van der Waals surface area contributed by atoms with Gasteiger partial charge in [0.15, 0.2) is 23.3 Å². The number of hydrogen-bond donors (Lipinski definition) is 0. The molecule has 1 saturated carbocycles. The van der Waals surface area contributed by atoms with Crippen molar-refractivity contribution in [2.45, 2.75) is 27.1 Å². The molecule has 1 fully saturated rings. The predicted octanol–water partition coefficient (Wildman–Crippen LogP) is 3.33. The van der Waals surface area contributed by atoms with E-state index in [4.69, 9.17) is 10.00 Å². The molecule has 2 unspecified atom stereocenters. The van der Waals surface area contributed by atoms with Crippen molar-refractivity contribution in [1.82, 2.24) is 0 Å². The van der Waals surface area contributed by atoms with Crippen LogP contribution in [0.2, 0.25) is 0 Å². The van der Waals surface area contributed by atoms with E-state index in [-0.39, 0.29) is 5.57 Å². The average molecular weight is 429 g/mol. The molecule has 1 aromatic carbocycles. The van der Waals surface area contributed by atoms with Crippen LogP contribution in [0, 0.1) is 51.9 Å². The van der Waals surface area contributed by atoms with Crippen LogP contribution in [0.5, 0.6) is 0 Å². The van der Waals surface area contributed by atoms with E-state index >= 15 is 0 Å². The lowest BCUT2D eigenvalue weighted by molar-refractivity contribution is -0.147. The minimum absolute atomic E-state index is 0.305. The first kappa shape index (κ1) is 23.3. The third kappa shape index (κ3) is 4.16. The van der Waals surface area contributed by atoms with Crippen molar-refractivity contribution in [3.63, 3.8) is 0 Å². The van der Waals surface area contributed by atoms with E-state index in [1.165, 1.54) is 6.08 Å². The smallest absolute Gasteiger partial charge is 0.348 e. The van der Waals surface area contributed by atoms with Crippen LogP contribution in [0.3, 0.4) is 0 Å². The molecule has 0 spiro atoms. The van der Waals surface area contributed by atoms with Crippen LogP contribution < -0.4 is 0 Å². The highest BCUT2D eigenvalue weighted by molar-refractivity contribution is 5.93. The zero-order valence-corrected chi connectivity index (χ0v) is 16.6. The average Bonchev–Trinajstić information content (AvgIpc) is 3.26. The summed E-state index contributed by atoms with van der Waals surface area (Å²) >= 11 is 0. The Bertz CT molecular complexity index is 922. The first-order chi connectivity index (χ1) is 14.0. The third-order valence-electron chi connectivity index (χ3n) is 5.13. The van der Waals surface area contributed by atoms with Crippen LogP contribution in [-0.4, -0.2) is 26.2 Å². The topological polar surface area (TPSA) is 85.6 Å². The maximum atomic E-state index is 14.1. The Balaban J connectivity index is 2.20. The summed E-state index contributed by atoms with van der Waals surface area (Å²) in [6.45, 7) is 1.60. The Hall–Kier alpha value is -2.93. The van der Waals surface area contributed by atoms with Gasteiger partial charge < -0.3 is 14.2 Å². The van der Waals surface area contributed by atoms with Gasteiger partial charge in [0.05, 0.1) is 30.8 Å². The van der Waals surface area contributed by atoms with Gasteiger partial charge in [0.25, 0.3) is 0 Å². The molecule has 30 heavy (non-hydrogen) atoms. The van der Waals surface area contributed by atoms with Crippen LogP contribution >= 0.6 is 0 Å². The summed E-state index contributed by atoms with van der Waals surface area (Å²) in [5, 5.41) is 9.03. The molecule has 0 saturated heterocycles. The zero-order valence-electron chi connectivity index (χ0n) is 16.6. The molecule has 2 atom stereocenters. The van der Waals surface area contributed by atoms with Crippen molar-refractivity contribution >= 4 is 11.9 Å². The normalized spacial score (nSPS) is 19.8. The van der Waals surface area contributed by atoms with Crippen molar-refractivity contribution < 1.29 is 41.4 Å². The van der Waals surface area contributed by atoms with Gasteiger partial charge in [0, 0.05) is 7.11 Å². The van der Waals surface area contributed by atoms with Gasteiger partial charge in [0.2, 0.25) is 0 Å². The van der Waals surface area contributed by atoms with E-state index in [0.29, 0.717) is 0 Å². The number of rotatable bonds is 7. The molecule has 1 aromatic rings. The molecule has 1 aliphatic carbocycles. The number of methoxy groups -OCH3 is 2. The fourth-order valence-electron chi connectivity index (χ4n) is 3.23. The van der Waals surface area contributed by atoms with Crippen molar-refractivity contribution in [2.75, 3.05) is 14.2 Å². The lowest BCUT2D eigenvalue weighted by atomic mass is 10.1. The maximum Gasteiger partial charge on any atom is 0.348 e. The Labute approximate surface area is 170 Å². The summed E-state index contributed by atoms with van der Waals surface area (Å²) < 4.78 is 70.1. The van der Waals surface area contributed by atoms with Crippen molar-refractivity contribution in [3.8, 4) is 6.07 Å². The molecule has 0 aromatic heterocycles. The fourth-order valence-corrected chi connectivity index (χ4v) is 3.23. The highest BCUT2D eigenvalue weighted by atomic mass is 19.2. The Morgan fingerprint density at radius 2 is 1.53 bits per heavy atom. The number of nitrogens with zero attached hydrogens (tertiary/aromatic N) is 1. The van der Waals surface area contributed by atoms with Gasteiger partial charge in [0.1, 0.15) is 18.2 Å². The van der Waals surface area contributed by atoms with E-state index in [0.717, 1.165) is 14.2 Å². The molecule has 0 amide bonds. The summed E-state index contributed by atoms with van der Waals surface area (Å²) in [5.74, 6) is -9.82. The fraction of sp³-hybridized carbons (Fsp3) is 0.450. The van der Waals surface area contributed by atoms with Crippen LogP contribution in [0.25, 0.3) is 0 Å². The Kier molecular flexibility index (Phi) is 6.87. The van der Waals surface area contributed by atoms with Crippen LogP contribution in [0.4, 0.5) is 17.6 Å². The largest absolute Gasteiger partial charge is 0.465 e. The van der Waals surface area contributed by atoms with Crippen LogP contribution in [0.15, 0.2) is 11.6 Å². The van der Waals surface area contributed by atoms with E-state index in [1.807, 2.05) is 0 Å². The SMILES string of the molecule is COCc1c(F)c(F)c(COC(=O)C2C(C=C(C#N)C(=O)OC)C2(C)C)c(F)c1F. The minimum atomic E-state index is -1.68. The molecular formula is C20H19F4NO5. The number of carbonyl (C=O) groups excluding carboxylic acids is 2. The van der Waals surface area contributed by atoms with Crippen molar-refractivity contribution in [3.05, 3.63) is 46.0 Å². The predicted molar refractivity (Wildman–Crippen MR) is 93.3 cm³/mol. The molecule has 6 nitrogen and oxygen atoms in total. The number of hydrogen-bond acceptors (Lipinski definition) is 6. The van der Waals surface area contributed by atoms with Crippen molar-refractivity contribution in [2.24, 2.45) is 17.3 Å². The number of esters is 2. The summed E-state index contributed by atoms with van der Waals surface area (Å²) in [7, 11) is 2.20. The molecule has 0 heterocycles. The number of carbonyl (C=O) groups is 2. The minimum Gasteiger partial charge on any atom is -0.465 e. The molecule has 0 radical (unpaired) electrons. The molecule has 2 rings (SSSR count). The van der Waals surface area contributed by atoms with E-state index < -0.39 is 76.8 Å². The molecule has 10 heteroatoms. The monoisotopic (exact) mass is 429 g/mol. The van der Waals surface area contributed by atoms with Gasteiger partial charge in [-0.25, -0.2) is 22.4 Å². The molecule has 0 N–H and O–H groups in total. The van der Waals surface area contributed by atoms with E-state index in [9.17, 15) is 27.2 Å². The number of halogens is 4. The number of ether oxygens (including phenoxy) is 3. The molecule has 0 bridgehead atoms. The molecular weight excluding hydrogens is 410 g/mol. The summed E-state index contributed by atoms with van der Waals surface area (Å²) in [5.41, 5.74) is -3.01. The van der Waals surface area contributed by atoms with Gasteiger partial charge in [-0.3, -0.25) is 4.79 Å². The highest BCUT2D eigenvalue weighted by Crippen LogP contribution is 2.60. The first-order valence-corrected chi connectivity index (χ1v) is 8.72. The first-order valence-electron chi connectivity index (χ1n) is 8.72. The van der Waals surface area contributed by atoms with Gasteiger partial charge in [-0.2, -0.15) is 5.26 Å². The second-order valence-corrected chi connectivity index (χ2v) is 7.26. The quantitative estimate of drug-likeness (QED) is 0.217. The second kappa shape index (κ2) is 8.83. The van der Waals surface area contributed by atoms with Crippen LogP contribution in [0.1, 0.15) is 25.0 Å². The van der Waals surface area contributed by atoms with Gasteiger partial charge in [-0.05, 0) is 11.3 Å². The molecule has 0 aliphatic heterocycles. The number of allylic oxidation sites excluding steroid dienone is 1. The van der Waals surface area contributed by atoms with Gasteiger partial charge in [-0.1, -0.05) is 19.9 Å². The molecule has 1 aliphatic rings. The maximum absolute atomic E-state index is 14.1. The van der Waals surface area contributed by atoms with E-state index in [1.54, 1.807) is 19.9 Å². The lowest BCUT2D eigenvalue weighted by Gasteiger charge is -2.12. The van der Waals surface area contributed by atoms with E-state index in [2.05, 4.69) is 9.47 Å². The van der Waals surface area contributed by atoms with Crippen LogP contribution in [-0.2, 0) is 37.0 Å². The van der Waals surface area contributed by atoms with Crippen molar-refractivity contribution in [1.29, 1.82) is 5.26 Å². The lowest BCUT2D eigenvalue weighted by Crippen LogP contribution is -2.15. The standard InChI is InChI=1S/C20H19F4NO5/c1-20(2)12(5-9(6-25)18(26)29-4)13(20)19(27)30-8-11-16(23)14(21)10(7-28-3)15(22)17(11)24/h5,12-13H,7-8H2,1-4H3. The van der Waals surface area contributed by atoms with Gasteiger partial charge in [-0.15, -0.1) is 0 Å².